The Kier molecular flexibility index (Phi) is 7.18. The second-order valence-corrected chi connectivity index (χ2v) is 7.99. The zero-order valence-electron chi connectivity index (χ0n) is 18.1. The zero-order chi connectivity index (χ0) is 22.2. The molecule has 5 nitrogen and oxygen atoms in total. The minimum atomic E-state index is -0.796. The van der Waals surface area contributed by atoms with Gasteiger partial charge in [-0.15, -0.1) is 0 Å². The summed E-state index contributed by atoms with van der Waals surface area (Å²) in [6, 6.07) is 22.9. The monoisotopic (exact) mass is 428 g/mol. The highest BCUT2D eigenvalue weighted by molar-refractivity contribution is 5.83. The van der Waals surface area contributed by atoms with Gasteiger partial charge in [-0.3, -0.25) is 9.48 Å². The van der Waals surface area contributed by atoms with Gasteiger partial charge in [0.1, 0.15) is 5.75 Å². The maximum Gasteiger partial charge on any atom is 0.303 e. The molecule has 0 aliphatic heterocycles. The van der Waals surface area contributed by atoms with Crippen molar-refractivity contribution in [2.45, 2.75) is 38.6 Å². The summed E-state index contributed by atoms with van der Waals surface area (Å²) in [5.41, 5.74) is 3.37. The fourth-order valence-corrected chi connectivity index (χ4v) is 3.89. The normalized spacial score (nSPS) is 11.0. The lowest BCUT2D eigenvalue weighted by molar-refractivity contribution is -0.136. The molecule has 0 saturated carbocycles. The number of nitrogens with zero attached hydrogens (tertiary/aromatic N) is 2. The molecule has 0 spiro atoms. The van der Waals surface area contributed by atoms with Crippen LogP contribution in [0.4, 0.5) is 0 Å². The molecule has 0 aliphatic carbocycles. The minimum Gasteiger partial charge on any atom is -0.493 e. The third kappa shape index (κ3) is 5.97. The van der Waals surface area contributed by atoms with E-state index in [0.29, 0.717) is 13.0 Å². The van der Waals surface area contributed by atoms with Crippen LogP contribution in [0.1, 0.15) is 29.5 Å². The lowest BCUT2D eigenvalue weighted by Crippen LogP contribution is -2.06. The van der Waals surface area contributed by atoms with Crippen molar-refractivity contribution in [2.75, 3.05) is 6.61 Å². The lowest BCUT2D eigenvalue weighted by atomic mass is 10.0. The van der Waals surface area contributed by atoms with Crippen LogP contribution in [0.2, 0.25) is 0 Å². The van der Waals surface area contributed by atoms with Gasteiger partial charge in [-0.1, -0.05) is 54.6 Å². The van der Waals surface area contributed by atoms with Gasteiger partial charge in [-0.25, -0.2) is 0 Å². The van der Waals surface area contributed by atoms with Crippen LogP contribution in [0.15, 0.2) is 79.1 Å². The van der Waals surface area contributed by atoms with E-state index in [1.807, 2.05) is 29.1 Å². The second-order valence-electron chi connectivity index (χ2n) is 7.99. The SMILES string of the molecule is O=C(O)CCc1ccc(CCCn2cccn2)cc1OCCc1ccc2ccccc2c1. The fourth-order valence-electron chi connectivity index (χ4n) is 3.89. The predicted octanol–water partition coefficient (Wildman–Crippen LogP) is 5.31. The van der Waals surface area contributed by atoms with Crippen LogP contribution in [0.5, 0.6) is 5.75 Å². The molecule has 1 heterocycles. The third-order valence-corrected chi connectivity index (χ3v) is 5.61. The molecule has 0 atom stereocenters. The minimum absolute atomic E-state index is 0.0969. The molecule has 164 valence electrons. The number of aryl methyl sites for hydroxylation is 3. The van der Waals surface area contributed by atoms with Crippen molar-refractivity contribution in [1.82, 2.24) is 9.78 Å². The van der Waals surface area contributed by atoms with Crippen LogP contribution in [0, 0.1) is 0 Å². The Balaban J connectivity index is 1.40. The number of benzene rings is 3. The number of carboxylic acids is 1. The van der Waals surface area contributed by atoms with E-state index in [1.165, 1.54) is 21.9 Å². The molecule has 3 aromatic carbocycles. The second kappa shape index (κ2) is 10.6. The van der Waals surface area contributed by atoms with Crippen molar-refractivity contribution in [2.24, 2.45) is 0 Å². The van der Waals surface area contributed by atoms with Crippen molar-refractivity contribution in [3.05, 3.63) is 95.8 Å². The van der Waals surface area contributed by atoms with Gasteiger partial charge in [-0.2, -0.15) is 5.10 Å². The standard InChI is InChI=1S/C27H28N2O3/c30-27(31)13-12-24-11-9-21(5-3-16-29-17-4-15-28-29)20-26(24)32-18-14-22-8-10-23-6-1-2-7-25(23)19-22/h1-2,4,6-11,15,17,19-20H,3,5,12-14,16,18H2,(H,30,31). The average molecular weight is 429 g/mol. The number of carboxylic acid groups (broad SMARTS) is 1. The molecule has 0 aliphatic rings. The molecule has 0 amide bonds. The van der Waals surface area contributed by atoms with Gasteiger partial charge in [0.15, 0.2) is 0 Å². The largest absolute Gasteiger partial charge is 0.493 e. The molecular weight excluding hydrogens is 400 g/mol. The Hall–Kier alpha value is -3.60. The Morgan fingerprint density at radius 2 is 1.72 bits per heavy atom. The molecule has 4 aromatic rings. The summed E-state index contributed by atoms with van der Waals surface area (Å²) >= 11 is 0. The molecule has 4 rings (SSSR count). The number of fused-ring (bicyclic) bond motifs is 1. The molecule has 0 saturated heterocycles. The first-order valence-electron chi connectivity index (χ1n) is 11.1. The van der Waals surface area contributed by atoms with Gasteiger partial charge in [0.25, 0.3) is 0 Å². The van der Waals surface area contributed by atoms with Gasteiger partial charge in [0.2, 0.25) is 0 Å². The fraction of sp³-hybridized carbons (Fsp3) is 0.259. The average Bonchev–Trinajstić information content (AvgIpc) is 3.32. The Bertz CT molecular complexity index is 1170. The molecule has 0 radical (unpaired) electrons. The van der Waals surface area contributed by atoms with Crippen molar-refractivity contribution in [3.8, 4) is 5.75 Å². The van der Waals surface area contributed by atoms with Gasteiger partial charge < -0.3 is 9.84 Å². The van der Waals surface area contributed by atoms with Crippen molar-refractivity contribution in [1.29, 1.82) is 0 Å². The predicted molar refractivity (Wildman–Crippen MR) is 126 cm³/mol. The molecule has 0 bridgehead atoms. The van der Waals surface area contributed by atoms with Crippen molar-refractivity contribution in [3.63, 3.8) is 0 Å². The van der Waals surface area contributed by atoms with E-state index in [1.54, 1.807) is 6.20 Å². The Labute approximate surface area is 188 Å². The highest BCUT2D eigenvalue weighted by atomic mass is 16.5. The molecular formula is C27H28N2O3. The highest BCUT2D eigenvalue weighted by Crippen LogP contribution is 2.24. The Morgan fingerprint density at radius 3 is 2.53 bits per heavy atom. The quantitative estimate of drug-likeness (QED) is 0.352. The maximum atomic E-state index is 11.1. The summed E-state index contributed by atoms with van der Waals surface area (Å²) in [4.78, 5) is 11.1. The highest BCUT2D eigenvalue weighted by Gasteiger charge is 2.09. The first-order chi connectivity index (χ1) is 15.7. The van der Waals surface area contributed by atoms with Crippen LogP contribution in [-0.2, 0) is 30.6 Å². The first kappa shape index (κ1) is 21.6. The first-order valence-corrected chi connectivity index (χ1v) is 11.1. The van der Waals surface area contributed by atoms with Crippen LogP contribution in [-0.4, -0.2) is 27.5 Å². The van der Waals surface area contributed by atoms with E-state index in [-0.39, 0.29) is 6.42 Å². The summed E-state index contributed by atoms with van der Waals surface area (Å²) in [6.07, 6.45) is 7.02. The van der Waals surface area contributed by atoms with E-state index >= 15 is 0 Å². The topological polar surface area (TPSA) is 64.3 Å². The summed E-state index contributed by atoms with van der Waals surface area (Å²) in [5.74, 6) is -0.000888. The van der Waals surface area contributed by atoms with Gasteiger partial charge in [0, 0.05) is 31.8 Å². The zero-order valence-corrected chi connectivity index (χ0v) is 18.1. The number of hydrogen-bond donors (Lipinski definition) is 1. The van der Waals surface area contributed by atoms with E-state index < -0.39 is 5.97 Å². The molecule has 0 fully saturated rings. The number of carbonyl (C=O) groups is 1. The van der Waals surface area contributed by atoms with Gasteiger partial charge in [0.05, 0.1) is 6.61 Å². The van der Waals surface area contributed by atoms with Crippen LogP contribution >= 0.6 is 0 Å². The van der Waals surface area contributed by atoms with Crippen LogP contribution < -0.4 is 4.74 Å². The van der Waals surface area contributed by atoms with Crippen molar-refractivity contribution >= 4 is 16.7 Å². The van der Waals surface area contributed by atoms with Crippen molar-refractivity contribution < 1.29 is 14.6 Å². The molecule has 0 unspecified atom stereocenters. The molecule has 5 heteroatoms. The molecule has 32 heavy (non-hydrogen) atoms. The maximum absolute atomic E-state index is 11.1. The summed E-state index contributed by atoms with van der Waals surface area (Å²) in [7, 11) is 0. The third-order valence-electron chi connectivity index (χ3n) is 5.61. The molecule has 1 N–H and O–H groups in total. The van der Waals surface area contributed by atoms with E-state index in [9.17, 15) is 4.79 Å². The summed E-state index contributed by atoms with van der Waals surface area (Å²) in [5, 5.41) is 15.8. The van der Waals surface area contributed by atoms with Crippen LogP contribution in [0.3, 0.4) is 0 Å². The number of aliphatic carboxylic acids is 1. The number of aromatic nitrogens is 2. The van der Waals surface area contributed by atoms with E-state index in [0.717, 1.165) is 37.1 Å². The number of ether oxygens (including phenoxy) is 1. The summed E-state index contributed by atoms with van der Waals surface area (Å²) in [6.45, 7) is 1.42. The van der Waals surface area contributed by atoms with E-state index in [4.69, 9.17) is 9.84 Å². The number of rotatable bonds is 11. The van der Waals surface area contributed by atoms with Gasteiger partial charge in [-0.05, 0) is 58.9 Å². The van der Waals surface area contributed by atoms with Crippen LogP contribution in [0.25, 0.3) is 10.8 Å². The lowest BCUT2D eigenvalue weighted by Gasteiger charge is -2.14. The smallest absolute Gasteiger partial charge is 0.303 e. The molecule has 1 aromatic heterocycles. The number of hydrogen-bond acceptors (Lipinski definition) is 3. The summed E-state index contributed by atoms with van der Waals surface area (Å²) < 4.78 is 8.10. The Morgan fingerprint density at radius 1 is 0.906 bits per heavy atom. The van der Waals surface area contributed by atoms with Gasteiger partial charge >= 0.3 is 5.97 Å². The van der Waals surface area contributed by atoms with E-state index in [2.05, 4.69) is 53.6 Å².